The predicted molar refractivity (Wildman–Crippen MR) is 76.6 cm³/mol. The summed E-state index contributed by atoms with van der Waals surface area (Å²) in [7, 11) is 0. The van der Waals surface area contributed by atoms with Crippen molar-refractivity contribution >= 4 is 62.2 Å². The van der Waals surface area contributed by atoms with Gasteiger partial charge in [-0.2, -0.15) is 0 Å². The largest absolute Gasteiger partial charge is 0.336 e. The van der Waals surface area contributed by atoms with Crippen molar-refractivity contribution in [3.8, 4) is 0 Å². The van der Waals surface area contributed by atoms with Crippen molar-refractivity contribution in [3.63, 3.8) is 0 Å². The molecule has 0 unspecified atom stereocenters. The van der Waals surface area contributed by atoms with Gasteiger partial charge in [0.15, 0.2) is 5.82 Å². The molecule has 0 bridgehead atoms. The summed E-state index contributed by atoms with van der Waals surface area (Å²) in [5.41, 5.74) is 0.227. The maximum Gasteiger partial charge on any atom is 0.151 e. The number of hydrogen-bond donors (Lipinski definition) is 1. The summed E-state index contributed by atoms with van der Waals surface area (Å²) in [5, 5.41) is 3.35. The molecule has 0 saturated carbocycles. The first-order chi connectivity index (χ1) is 8.49. The van der Waals surface area contributed by atoms with Gasteiger partial charge in [-0.15, -0.1) is 0 Å². The smallest absolute Gasteiger partial charge is 0.151 e. The van der Waals surface area contributed by atoms with Gasteiger partial charge >= 0.3 is 0 Å². The third kappa shape index (κ3) is 2.88. The molecule has 0 aliphatic heterocycles. The highest BCUT2D eigenvalue weighted by atomic mass is 79.9. The minimum absolute atomic E-state index is 0.0935. The van der Waals surface area contributed by atoms with Gasteiger partial charge in [-0.25, -0.2) is 9.37 Å². The van der Waals surface area contributed by atoms with Crippen LogP contribution in [0.25, 0.3) is 0 Å². The van der Waals surface area contributed by atoms with Crippen LogP contribution < -0.4 is 5.32 Å². The van der Waals surface area contributed by atoms with Crippen LogP contribution in [0, 0.1) is 5.82 Å². The average Bonchev–Trinajstić information content (AvgIpc) is 2.30. The molecule has 18 heavy (non-hydrogen) atoms. The van der Waals surface area contributed by atoms with E-state index in [1.165, 1.54) is 12.1 Å². The second-order valence-electron chi connectivity index (χ2n) is 3.31. The van der Waals surface area contributed by atoms with Gasteiger partial charge < -0.3 is 5.32 Å². The molecule has 0 spiro atoms. The van der Waals surface area contributed by atoms with Gasteiger partial charge in [0, 0.05) is 4.47 Å². The summed E-state index contributed by atoms with van der Waals surface area (Å²) in [5.74, 6) is -0.204. The number of nitrogens with zero attached hydrogens (tertiary/aromatic N) is 1. The van der Waals surface area contributed by atoms with Gasteiger partial charge in [-0.3, -0.25) is 0 Å². The second kappa shape index (κ2) is 5.61. The SMILES string of the molecule is Fc1cccc(Br)c1Nc1nc(Cl)c(Cl)cc1Cl. The summed E-state index contributed by atoms with van der Waals surface area (Å²) in [4.78, 5) is 3.95. The van der Waals surface area contributed by atoms with Crippen LogP contribution >= 0.6 is 50.7 Å². The topological polar surface area (TPSA) is 24.9 Å². The molecule has 1 aromatic heterocycles. The zero-order chi connectivity index (χ0) is 13.3. The molecule has 7 heteroatoms. The summed E-state index contributed by atoms with van der Waals surface area (Å²) < 4.78 is 14.2. The van der Waals surface area contributed by atoms with E-state index >= 15 is 0 Å². The maximum absolute atomic E-state index is 13.6. The molecule has 0 aliphatic carbocycles. The van der Waals surface area contributed by atoms with E-state index in [0.717, 1.165) is 0 Å². The summed E-state index contributed by atoms with van der Waals surface area (Å²) in [6.07, 6.45) is 0. The first-order valence-corrected chi connectivity index (χ1v) is 6.64. The molecule has 0 atom stereocenters. The van der Waals surface area contributed by atoms with Gasteiger partial charge in [-0.05, 0) is 34.1 Å². The molecule has 2 aromatic rings. The fraction of sp³-hybridized carbons (Fsp3) is 0. The van der Waals surface area contributed by atoms with E-state index in [4.69, 9.17) is 34.8 Å². The van der Waals surface area contributed by atoms with Crippen LogP contribution in [0.1, 0.15) is 0 Å². The van der Waals surface area contributed by atoms with Crippen LogP contribution in [0.3, 0.4) is 0 Å². The molecule has 1 heterocycles. The van der Waals surface area contributed by atoms with E-state index in [1.54, 1.807) is 12.1 Å². The Morgan fingerprint density at radius 3 is 2.56 bits per heavy atom. The highest BCUT2D eigenvalue weighted by Crippen LogP contribution is 2.33. The Bertz CT molecular complexity index is 587. The highest BCUT2D eigenvalue weighted by molar-refractivity contribution is 9.10. The molecular weight excluding hydrogens is 365 g/mol. The van der Waals surface area contributed by atoms with Crippen LogP contribution in [0.5, 0.6) is 0 Å². The lowest BCUT2D eigenvalue weighted by molar-refractivity contribution is 0.631. The lowest BCUT2D eigenvalue weighted by atomic mass is 10.3. The summed E-state index contributed by atoms with van der Waals surface area (Å²) in [6.45, 7) is 0. The quantitative estimate of drug-likeness (QED) is 0.687. The van der Waals surface area contributed by atoms with Crippen molar-refractivity contribution in [2.75, 3.05) is 5.32 Å². The summed E-state index contributed by atoms with van der Waals surface area (Å²) in [6, 6.07) is 6.03. The van der Waals surface area contributed by atoms with Gasteiger partial charge in [0.25, 0.3) is 0 Å². The molecule has 0 fully saturated rings. The zero-order valence-corrected chi connectivity index (χ0v) is 12.5. The molecule has 0 aliphatic rings. The third-order valence-electron chi connectivity index (χ3n) is 2.09. The number of anilines is 2. The number of rotatable bonds is 2. The van der Waals surface area contributed by atoms with Gasteiger partial charge in [0.1, 0.15) is 11.0 Å². The van der Waals surface area contributed by atoms with Crippen LogP contribution in [-0.2, 0) is 0 Å². The van der Waals surface area contributed by atoms with Crippen molar-refractivity contribution in [1.82, 2.24) is 4.98 Å². The number of halogens is 5. The Balaban J connectivity index is 2.43. The Labute approximate surface area is 126 Å². The van der Waals surface area contributed by atoms with Gasteiger partial charge in [-0.1, -0.05) is 40.9 Å². The Morgan fingerprint density at radius 1 is 1.17 bits per heavy atom. The number of aromatic nitrogens is 1. The molecule has 1 N–H and O–H groups in total. The van der Waals surface area contributed by atoms with Crippen LogP contribution in [0.15, 0.2) is 28.7 Å². The lowest BCUT2D eigenvalue weighted by Gasteiger charge is -2.11. The van der Waals surface area contributed by atoms with Gasteiger partial charge in [0.05, 0.1) is 15.7 Å². The molecule has 0 radical (unpaired) electrons. The fourth-order valence-electron chi connectivity index (χ4n) is 1.27. The predicted octanol–water partition coefficient (Wildman–Crippen LogP) is 5.69. The highest BCUT2D eigenvalue weighted by Gasteiger charge is 2.12. The van der Waals surface area contributed by atoms with Crippen molar-refractivity contribution in [1.29, 1.82) is 0 Å². The molecule has 0 amide bonds. The number of pyridine rings is 1. The number of benzene rings is 1. The molecule has 94 valence electrons. The number of para-hydroxylation sites is 1. The Morgan fingerprint density at radius 2 is 1.89 bits per heavy atom. The van der Waals surface area contributed by atoms with Crippen molar-refractivity contribution in [3.05, 3.63) is 49.8 Å². The van der Waals surface area contributed by atoms with Crippen LogP contribution in [0.2, 0.25) is 15.2 Å². The molecule has 1 aromatic carbocycles. The van der Waals surface area contributed by atoms with E-state index in [1.807, 2.05) is 0 Å². The van der Waals surface area contributed by atoms with E-state index in [2.05, 4.69) is 26.2 Å². The maximum atomic E-state index is 13.6. The van der Waals surface area contributed by atoms with Gasteiger partial charge in [0.2, 0.25) is 0 Å². The third-order valence-corrected chi connectivity index (χ3v) is 3.71. The van der Waals surface area contributed by atoms with E-state index in [-0.39, 0.29) is 26.7 Å². The Hall–Kier alpha value is -0.550. The normalized spacial score (nSPS) is 10.5. The van der Waals surface area contributed by atoms with Crippen molar-refractivity contribution in [2.45, 2.75) is 0 Å². The summed E-state index contributed by atoms with van der Waals surface area (Å²) >= 11 is 20.7. The minimum atomic E-state index is -0.437. The average molecular weight is 370 g/mol. The monoisotopic (exact) mass is 368 g/mol. The van der Waals surface area contributed by atoms with Crippen LogP contribution in [-0.4, -0.2) is 4.98 Å². The van der Waals surface area contributed by atoms with Crippen molar-refractivity contribution in [2.24, 2.45) is 0 Å². The number of nitrogens with one attached hydrogen (secondary N) is 1. The van der Waals surface area contributed by atoms with Crippen molar-refractivity contribution < 1.29 is 4.39 Å². The van der Waals surface area contributed by atoms with E-state index in [0.29, 0.717) is 4.47 Å². The lowest BCUT2D eigenvalue weighted by Crippen LogP contribution is -1.98. The Kier molecular flexibility index (Phi) is 4.33. The first kappa shape index (κ1) is 13.9. The minimum Gasteiger partial charge on any atom is -0.336 e. The second-order valence-corrected chi connectivity index (χ2v) is 5.34. The zero-order valence-electron chi connectivity index (χ0n) is 8.65. The fourth-order valence-corrected chi connectivity index (χ4v) is 2.25. The molecular formula is C11H5BrCl3FN2. The standard InChI is InChI=1S/C11H5BrCl3FN2/c12-5-2-1-3-8(16)9(5)17-11-7(14)4-6(13)10(15)18-11/h1-4H,(H,17,18). The molecule has 2 nitrogen and oxygen atoms in total. The van der Waals surface area contributed by atoms with E-state index in [9.17, 15) is 4.39 Å². The number of hydrogen-bond acceptors (Lipinski definition) is 2. The molecule has 0 saturated heterocycles. The first-order valence-electron chi connectivity index (χ1n) is 4.71. The van der Waals surface area contributed by atoms with E-state index < -0.39 is 5.82 Å². The molecule has 2 rings (SSSR count). The van der Waals surface area contributed by atoms with Crippen LogP contribution in [0.4, 0.5) is 15.9 Å².